The van der Waals surface area contributed by atoms with Gasteiger partial charge in [-0.2, -0.15) is 0 Å². The molecule has 15 heavy (non-hydrogen) atoms. The molecular weight excluding hydrogens is 194 g/mol. The highest BCUT2D eigenvalue weighted by atomic mass is 16.5. The molecule has 0 aromatic carbocycles. The van der Waals surface area contributed by atoms with Gasteiger partial charge in [0.05, 0.1) is 18.9 Å². The second-order valence-corrected chi connectivity index (χ2v) is 3.47. The zero-order chi connectivity index (χ0) is 10.9. The predicted molar refractivity (Wildman–Crippen MR) is 56.7 cm³/mol. The summed E-state index contributed by atoms with van der Waals surface area (Å²) in [5.74, 6) is 0.737. The topological polar surface area (TPSA) is 55.5 Å². The maximum atomic E-state index is 8.69. The number of hydrogen-bond acceptors (Lipinski definition) is 4. The van der Waals surface area contributed by atoms with E-state index in [9.17, 15) is 0 Å². The molecule has 4 nitrogen and oxygen atoms in total. The third-order valence-corrected chi connectivity index (χ3v) is 2.11. The Labute approximate surface area is 90.2 Å². The van der Waals surface area contributed by atoms with Gasteiger partial charge in [-0.1, -0.05) is 18.5 Å². The molecule has 0 saturated carbocycles. The molecule has 0 saturated heterocycles. The second-order valence-electron chi connectivity index (χ2n) is 3.47. The van der Waals surface area contributed by atoms with Gasteiger partial charge in [0.2, 0.25) is 0 Å². The van der Waals surface area contributed by atoms with Crippen molar-refractivity contribution in [2.45, 2.75) is 32.6 Å². The van der Waals surface area contributed by atoms with E-state index in [1.165, 1.54) is 0 Å². The highest BCUT2D eigenvalue weighted by molar-refractivity contribution is 5.05. The first-order valence-corrected chi connectivity index (χ1v) is 5.50. The first-order valence-electron chi connectivity index (χ1n) is 5.50. The van der Waals surface area contributed by atoms with Crippen LogP contribution in [-0.4, -0.2) is 30.1 Å². The minimum absolute atomic E-state index is 0.0988. The van der Waals surface area contributed by atoms with E-state index in [1.54, 1.807) is 0 Å². The SMILES string of the molecule is CCCCOCCc1cc(CCO)on1. The molecule has 0 spiro atoms. The maximum absolute atomic E-state index is 8.69. The lowest BCUT2D eigenvalue weighted by Crippen LogP contribution is -2.00. The summed E-state index contributed by atoms with van der Waals surface area (Å²) in [6.45, 7) is 3.74. The van der Waals surface area contributed by atoms with Crippen molar-refractivity contribution in [3.05, 3.63) is 17.5 Å². The van der Waals surface area contributed by atoms with Crippen molar-refractivity contribution in [2.24, 2.45) is 0 Å². The van der Waals surface area contributed by atoms with Crippen LogP contribution in [0, 0.1) is 0 Å². The smallest absolute Gasteiger partial charge is 0.139 e. The van der Waals surface area contributed by atoms with Crippen LogP contribution >= 0.6 is 0 Å². The third-order valence-electron chi connectivity index (χ3n) is 2.11. The van der Waals surface area contributed by atoms with Crippen LogP contribution < -0.4 is 0 Å². The molecule has 0 aliphatic carbocycles. The Kier molecular flexibility index (Phi) is 6.04. The molecule has 0 unspecified atom stereocenters. The molecule has 0 amide bonds. The highest BCUT2D eigenvalue weighted by Crippen LogP contribution is 2.05. The number of aliphatic hydroxyl groups excluding tert-OH is 1. The van der Waals surface area contributed by atoms with E-state index in [1.807, 2.05) is 6.07 Å². The molecule has 1 heterocycles. The molecule has 0 radical (unpaired) electrons. The number of unbranched alkanes of at least 4 members (excludes halogenated alkanes) is 1. The molecule has 0 bridgehead atoms. The fraction of sp³-hybridized carbons (Fsp3) is 0.727. The van der Waals surface area contributed by atoms with Crippen molar-refractivity contribution < 1.29 is 14.4 Å². The van der Waals surface area contributed by atoms with E-state index in [2.05, 4.69) is 12.1 Å². The van der Waals surface area contributed by atoms with Crippen LogP contribution in [0.3, 0.4) is 0 Å². The molecule has 4 heteroatoms. The first-order chi connectivity index (χ1) is 7.36. The largest absolute Gasteiger partial charge is 0.396 e. The molecule has 1 rings (SSSR count). The van der Waals surface area contributed by atoms with Crippen molar-refractivity contribution >= 4 is 0 Å². The highest BCUT2D eigenvalue weighted by Gasteiger charge is 2.03. The Morgan fingerprint density at radius 1 is 1.40 bits per heavy atom. The number of nitrogens with zero attached hydrogens (tertiary/aromatic N) is 1. The quantitative estimate of drug-likeness (QED) is 0.666. The van der Waals surface area contributed by atoms with Crippen LogP contribution in [0.4, 0.5) is 0 Å². The molecule has 86 valence electrons. The van der Waals surface area contributed by atoms with Crippen molar-refractivity contribution in [1.29, 1.82) is 0 Å². The Morgan fingerprint density at radius 3 is 3.00 bits per heavy atom. The molecular formula is C11H19NO3. The van der Waals surface area contributed by atoms with Crippen LogP contribution in [0.5, 0.6) is 0 Å². The molecule has 1 aromatic heterocycles. The summed E-state index contributed by atoms with van der Waals surface area (Å²) in [7, 11) is 0. The predicted octanol–water partition coefficient (Wildman–Crippen LogP) is 1.57. The van der Waals surface area contributed by atoms with Gasteiger partial charge < -0.3 is 14.4 Å². The number of ether oxygens (including phenoxy) is 1. The normalized spacial score (nSPS) is 10.8. The summed E-state index contributed by atoms with van der Waals surface area (Å²) < 4.78 is 10.4. The maximum Gasteiger partial charge on any atom is 0.139 e. The average molecular weight is 213 g/mol. The van der Waals surface area contributed by atoms with Gasteiger partial charge in [-0.25, -0.2) is 0 Å². The molecule has 0 atom stereocenters. The van der Waals surface area contributed by atoms with Crippen LogP contribution in [0.2, 0.25) is 0 Å². The van der Waals surface area contributed by atoms with Crippen molar-refractivity contribution in [1.82, 2.24) is 5.16 Å². The molecule has 1 N–H and O–H groups in total. The number of hydrogen-bond donors (Lipinski definition) is 1. The Hall–Kier alpha value is -0.870. The monoisotopic (exact) mass is 213 g/mol. The van der Waals surface area contributed by atoms with E-state index < -0.39 is 0 Å². The number of rotatable bonds is 8. The lowest BCUT2D eigenvalue weighted by molar-refractivity contribution is 0.133. The minimum atomic E-state index is 0.0988. The molecule has 0 fully saturated rings. The number of aromatic nitrogens is 1. The summed E-state index contributed by atoms with van der Waals surface area (Å²) in [6, 6.07) is 1.87. The third kappa shape index (κ3) is 4.95. The van der Waals surface area contributed by atoms with Gasteiger partial charge in [0.15, 0.2) is 0 Å². The minimum Gasteiger partial charge on any atom is -0.396 e. The molecule has 0 aliphatic rings. The standard InChI is InChI=1S/C11H19NO3/c1-2-3-7-14-8-5-10-9-11(4-6-13)15-12-10/h9,13H,2-8H2,1H3. The van der Waals surface area contributed by atoms with Crippen LogP contribution in [0.15, 0.2) is 10.6 Å². The summed E-state index contributed by atoms with van der Waals surface area (Å²) in [5, 5.41) is 12.6. The Bertz CT molecular complexity index is 260. The van der Waals surface area contributed by atoms with Gasteiger partial charge in [0.25, 0.3) is 0 Å². The van der Waals surface area contributed by atoms with Gasteiger partial charge in [-0.05, 0) is 6.42 Å². The molecule has 0 aliphatic heterocycles. The van der Waals surface area contributed by atoms with Crippen LogP contribution in [-0.2, 0) is 17.6 Å². The average Bonchev–Trinajstić information content (AvgIpc) is 2.66. The van der Waals surface area contributed by atoms with E-state index in [0.29, 0.717) is 13.0 Å². The lowest BCUT2D eigenvalue weighted by atomic mass is 10.2. The Balaban J connectivity index is 2.14. The zero-order valence-electron chi connectivity index (χ0n) is 9.24. The van der Waals surface area contributed by atoms with Crippen molar-refractivity contribution in [3.63, 3.8) is 0 Å². The Morgan fingerprint density at radius 2 is 2.27 bits per heavy atom. The van der Waals surface area contributed by atoms with Crippen LogP contribution in [0.25, 0.3) is 0 Å². The van der Waals surface area contributed by atoms with Gasteiger partial charge in [0.1, 0.15) is 5.76 Å². The second kappa shape index (κ2) is 7.43. The van der Waals surface area contributed by atoms with E-state index >= 15 is 0 Å². The summed E-state index contributed by atoms with van der Waals surface area (Å²) in [4.78, 5) is 0. The summed E-state index contributed by atoms with van der Waals surface area (Å²) >= 11 is 0. The van der Waals surface area contributed by atoms with Gasteiger partial charge in [-0.15, -0.1) is 0 Å². The van der Waals surface area contributed by atoms with Crippen molar-refractivity contribution in [2.75, 3.05) is 19.8 Å². The van der Waals surface area contributed by atoms with E-state index in [0.717, 1.165) is 37.3 Å². The summed E-state index contributed by atoms with van der Waals surface area (Å²) in [6.07, 6.45) is 3.57. The number of aliphatic hydroxyl groups is 1. The lowest BCUT2D eigenvalue weighted by Gasteiger charge is -1.99. The van der Waals surface area contributed by atoms with Crippen molar-refractivity contribution in [3.8, 4) is 0 Å². The first kappa shape index (κ1) is 12.2. The van der Waals surface area contributed by atoms with E-state index in [-0.39, 0.29) is 6.61 Å². The van der Waals surface area contributed by atoms with Crippen LogP contribution in [0.1, 0.15) is 31.2 Å². The molecule has 1 aromatic rings. The van der Waals surface area contributed by atoms with Gasteiger partial charge in [0, 0.05) is 25.5 Å². The van der Waals surface area contributed by atoms with Gasteiger partial charge in [-0.3, -0.25) is 0 Å². The fourth-order valence-electron chi connectivity index (χ4n) is 1.23. The fourth-order valence-corrected chi connectivity index (χ4v) is 1.23. The van der Waals surface area contributed by atoms with Gasteiger partial charge >= 0.3 is 0 Å². The zero-order valence-corrected chi connectivity index (χ0v) is 9.24. The summed E-state index contributed by atoms with van der Waals surface area (Å²) in [5.41, 5.74) is 0.898. The van der Waals surface area contributed by atoms with E-state index in [4.69, 9.17) is 14.4 Å².